The Kier molecular flexibility index (Phi) is 7.00. The van der Waals surface area contributed by atoms with Crippen molar-refractivity contribution in [1.82, 2.24) is 25.2 Å². The maximum atomic E-state index is 14.0. The first-order chi connectivity index (χ1) is 18.3. The fourth-order valence-corrected chi connectivity index (χ4v) is 4.41. The maximum Gasteiger partial charge on any atom is 0.247 e. The number of hydrogen-bond acceptors (Lipinski definition) is 6. The quantitative estimate of drug-likeness (QED) is 0.360. The third-order valence-electron chi connectivity index (χ3n) is 6.84. The van der Waals surface area contributed by atoms with Gasteiger partial charge in [-0.3, -0.25) is 9.59 Å². The van der Waals surface area contributed by atoms with E-state index in [4.69, 9.17) is 9.47 Å². The van der Waals surface area contributed by atoms with E-state index in [2.05, 4.69) is 15.6 Å². The minimum atomic E-state index is -0.866. The predicted octanol–water partition coefficient (Wildman–Crippen LogP) is 4.23. The molecule has 1 N–H and O–H groups in total. The van der Waals surface area contributed by atoms with Gasteiger partial charge in [-0.1, -0.05) is 60.7 Å². The second-order valence-corrected chi connectivity index (χ2v) is 9.98. The summed E-state index contributed by atoms with van der Waals surface area (Å²) >= 11 is 0. The summed E-state index contributed by atoms with van der Waals surface area (Å²) in [6.07, 6.45) is 0.737. The molecule has 5 rings (SSSR count). The Morgan fingerprint density at radius 3 is 2.55 bits per heavy atom. The van der Waals surface area contributed by atoms with Gasteiger partial charge in [-0.15, -0.1) is 5.10 Å². The molecular formula is C29H31N5O4. The van der Waals surface area contributed by atoms with Crippen molar-refractivity contribution >= 4 is 22.8 Å². The van der Waals surface area contributed by atoms with E-state index in [9.17, 15) is 9.59 Å². The molecule has 3 aromatic carbocycles. The molecule has 1 aromatic heterocycles. The molecule has 1 unspecified atom stereocenters. The molecule has 4 aromatic rings. The SMILES string of the molecule is CCC(C)(C)NC(=O)C(c1ccccc1)N(Cc1ccc2c(c1)OCO2)C(=O)Cn1nnc2ccccc21. The largest absolute Gasteiger partial charge is 0.454 e. The summed E-state index contributed by atoms with van der Waals surface area (Å²) in [6.45, 7) is 6.22. The first-order valence-electron chi connectivity index (χ1n) is 12.7. The topological polar surface area (TPSA) is 98.6 Å². The van der Waals surface area contributed by atoms with Crippen LogP contribution in [0.4, 0.5) is 0 Å². The lowest BCUT2D eigenvalue weighted by Gasteiger charge is -2.34. The van der Waals surface area contributed by atoms with E-state index in [1.54, 1.807) is 9.58 Å². The van der Waals surface area contributed by atoms with Gasteiger partial charge in [0.2, 0.25) is 18.6 Å². The highest BCUT2D eigenvalue weighted by molar-refractivity contribution is 5.89. The zero-order chi connectivity index (χ0) is 26.7. The van der Waals surface area contributed by atoms with E-state index >= 15 is 0 Å². The molecule has 9 heteroatoms. The molecule has 0 saturated heterocycles. The van der Waals surface area contributed by atoms with Crippen molar-refractivity contribution in [2.24, 2.45) is 0 Å². The lowest BCUT2D eigenvalue weighted by Crippen LogP contribution is -2.50. The molecule has 196 valence electrons. The molecule has 1 atom stereocenters. The summed E-state index contributed by atoms with van der Waals surface area (Å²) < 4.78 is 12.6. The number of carbonyl (C=O) groups excluding carboxylic acids is 2. The van der Waals surface area contributed by atoms with Gasteiger partial charge in [-0.2, -0.15) is 0 Å². The highest BCUT2D eigenvalue weighted by Gasteiger charge is 2.34. The zero-order valence-electron chi connectivity index (χ0n) is 21.8. The van der Waals surface area contributed by atoms with Crippen LogP contribution < -0.4 is 14.8 Å². The van der Waals surface area contributed by atoms with Gasteiger partial charge in [0.25, 0.3) is 0 Å². The number of rotatable bonds is 9. The first-order valence-corrected chi connectivity index (χ1v) is 12.7. The fraction of sp³-hybridized carbons (Fsp3) is 0.310. The van der Waals surface area contributed by atoms with E-state index in [-0.39, 0.29) is 31.7 Å². The van der Waals surface area contributed by atoms with Crippen LogP contribution in [0.2, 0.25) is 0 Å². The summed E-state index contributed by atoms with van der Waals surface area (Å²) in [5, 5.41) is 11.5. The Labute approximate surface area is 221 Å². The van der Waals surface area contributed by atoms with Crippen molar-refractivity contribution in [3.8, 4) is 11.5 Å². The van der Waals surface area contributed by atoms with Crippen molar-refractivity contribution in [2.45, 2.75) is 51.9 Å². The number of aromatic nitrogens is 3. The van der Waals surface area contributed by atoms with Gasteiger partial charge in [0.1, 0.15) is 18.1 Å². The van der Waals surface area contributed by atoms with E-state index in [1.165, 1.54) is 0 Å². The monoisotopic (exact) mass is 513 g/mol. The van der Waals surface area contributed by atoms with Gasteiger partial charge < -0.3 is 19.7 Å². The van der Waals surface area contributed by atoms with Crippen molar-refractivity contribution in [3.63, 3.8) is 0 Å². The molecule has 0 radical (unpaired) electrons. The fourth-order valence-electron chi connectivity index (χ4n) is 4.41. The molecular weight excluding hydrogens is 482 g/mol. The third-order valence-corrected chi connectivity index (χ3v) is 6.84. The molecule has 0 aliphatic carbocycles. The average Bonchev–Trinajstić information content (AvgIpc) is 3.55. The molecule has 1 aliphatic heterocycles. The van der Waals surface area contributed by atoms with E-state index in [0.29, 0.717) is 17.0 Å². The minimum absolute atomic E-state index is 0.0706. The number of fused-ring (bicyclic) bond motifs is 2. The normalized spacial score (nSPS) is 13.3. The molecule has 0 spiro atoms. The summed E-state index contributed by atoms with van der Waals surface area (Å²) in [5.41, 5.74) is 2.53. The Hall–Kier alpha value is -4.40. The summed E-state index contributed by atoms with van der Waals surface area (Å²) in [7, 11) is 0. The lowest BCUT2D eigenvalue weighted by molar-refractivity contribution is -0.143. The van der Waals surface area contributed by atoms with Gasteiger partial charge in [0, 0.05) is 12.1 Å². The predicted molar refractivity (Wildman–Crippen MR) is 142 cm³/mol. The van der Waals surface area contributed by atoms with Crippen LogP contribution in [-0.4, -0.2) is 44.0 Å². The highest BCUT2D eigenvalue weighted by atomic mass is 16.7. The number of benzene rings is 3. The van der Waals surface area contributed by atoms with Crippen LogP contribution in [0.1, 0.15) is 44.4 Å². The van der Waals surface area contributed by atoms with Crippen LogP contribution in [-0.2, 0) is 22.7 Å². The second kappa shape index (κ2) is 10.5. The Morgan fingerprint density at radius 2 is 1.76 bits per heavy atom. The van der Waals surface area contributed by atoms with Gasteiger partial charge in [-0.05, 0) is 55.7 Å². The van der Waals surface area contributed by atoms with Crippen LogP contribution in [0, 0.1) is 0 Å². The first kappa shape index (κ1) is 25.3. The van der Waals surface area contributed by atoms with Crippen LogP contribution >= 0.6 is 0 Å². The van der Waals surface area contributed by atoms with Gasteiger partial charge in [-0.25, -0.2) is 4.68 Å². The lowest BCUT2D eigenvalue weighted by atomic mass is 9.98. The van der Waals surface area contributed by atoms with Gasteiger partial charge in [0.05, 0.1) is 5.52 Å². The number of nitrogens with zero attached hydrogens (tertiary/aromatic N) is 4. The standard InChI is InChI=1S/C29H31N5O4/c1-4-29(2,3)30-28(36)27(21-10-6-5-7-11-21)33(17-20-14-15-24-25(16-20)38-19-37-24)26(35)18-34-23-13-9-8-12-22(23)31-32-34/h5-16,27H,4,17-19H2,1-3H3,(H,30,36). The van der Waals surface area contributed by atoms with Crippen molar-refractivity contribution in [3.05, 3.63) is 83.9 Å². The van der Waals surface area contributed by atoms with Gasteiger partial charge >= 0.3 is 0 Å². The number of ether oxygens (including phenoxy) is 2. The smallest absolute Gasteiger partial charge is 0.247 e. The zero-order valence-corrected chi connectivity index (χ0v) is 21.8. The molecule has 0 fully saturated rings. The molecule has 0 saturated carbocycles. The molecule has 38 heavy (non-hydrogen) atoms. The minimum Gasteiger partial charge on any atom is -0.454 e. The highest BCUT2D eigenvalue weighted by Crippen LogP contribution is 2.34. The number of para-hydroxylation sites is 1. The molecule has 2 amide bonds. The second-order valence-electron chi connectivity index (χ2n) is 9.98. The number of nitrogens with one attached hydrogen (secondary N) is 1. The van der Waals surface area contributed by atoms with Crippen molar-refractivity contribution in [1.29, 1.82) is 0 Å². The van der Waals surface area contributed by atoms with Crippen molar-refractivity contribution in [2.75, 3.05) is 6.79 Å². The van der Waals surface area contributed by atoms with Crippen molar-refractivity contribution < 1.29 is 19.1 Å². The molecule has 1 aliphatic rings. The number of hydrogen-bond donors (Lipinski definition) is 1. The van der Waals surface area contributed by atoms with Crippen LogP contribution in [0.15, 0.2) is 72.8 Å². The maximum absolute atomic E-state index is 14.0. The number of carbonyl (C=O) groups is 2. The average molecular weight is 514 g/mol. The Balaban J connectivity index is 1.54. The van der Waals surface area contributed by atoms with E-state index in [1.807, 2.05) is 93.6 Å². The van der Waals surface area contributed by atoms with Crippen LogP contribution in [0.25, 0.3) is 11.0 Å². The summed E-state index contributed by atoms with van der Waals surface area (Å²) in [4.78, 5) is 29.5. The summed E-state index contributed by atoms with van der Waals surface area (Å²) in [5.74, 6) is 0.755. The molecule has 9 nitrogen and oxygen atoms in total. The molecule has 0 bridgehead atoms. The van der Waals surface area contributed by atoms with Gasteiger partial charge in [0.15, 0.2) is 11.5 Å². The summed E-state index contributed by atoms with van der Waals surface area (Å²) in [6, 6.07) is 21.5. The van der Waals surface area contributed by atoms with Crippen LogP contribution in [0.5, 0.6) is 11.5 Å². The molecule has 2 heterocycles. The number of amides is 2. The van der Waals surface area contributed by atoms with Crippen LogP contribution in [0.3, 0.4) is 0 Å². The van der Waals surface area contributed by atoms with E-state index < -0.39 is 11.6 Å². The Morgan fingerprint density at radius 1 is 1.03 bits per heavy atom. The third kappa shape index (κ3) is 5.32. The Bertz CT molecular complexity index is 1450. The van der Waals surface area contributed by atoms with E-state index in [0.717, 1.165) is 23.1 Å².